The van der Waals surface area contributed by atoms with Gasteiger partial charge in [0.25, 0.3) is 0 Å². The Morgan fingerprint density at radius 3 is 2.82 bits per heavy atom. The molecule has 0 amide bonds. The molecule has 0 saturated carbocycles. The van der Waals surface area contributed by atoms with Gasteiger partial charge in [0.05, 0.1) is 17.7 Å². The van der Waals surface area contributed by atoms with Crippen molar-refractivity contribution < 1.29 is 14.9 Å². The average molecular weight is 328 g/mol. The van der Waals surface area contributed by atoms with E-state index < -0.39 is 0 Å². The highest BCUT2D eigenvalue weighted by atomic mass is 35.5. The SMILES string of the molecule is CCCN1CCC(O)C(Cc2cc(Cl)c(O)c(OCC)c2)C1. The number of aromatic hydroxyl groups is 1. The number of hydrogen-bond acceptors (Lipinski definition) is 4. The maximum atomic E-state index is 10.3. The molecule has 0 bridgehead atoms. The molecule has 0 aliphatic carbocycles. The van der Waals surface area contributed by atoms with Crippen molar-refractivity contribution in [3.05, 3.63) is 22.7 Å². The number of phenols is 1. The Morgan fingerprint density at radius 2 is 2.14 bits per heavy atom. The van der Waals surface area contributed by atoms with Crippen LogP contribution in [0.2, 0.25) is 5.02 Å². The number of ether oxygens (including phenoxy) is 1. The summed E-state index contributed by atoms with van der Waals surface area (Å²) in [7, 11) is 0. The van der Waals surface area contributed by atoms with E-state index >= 15 is 0 Å². The molecule has 1 heterocycles. The van der Waals surface area contributed by atoms with Crippen LogP contribution < -0.4 is 4.74 Å². The lowest BCUT2D eigenvalue weighted by Crippen LogP contribution is -2.44. The van der Waals surface area contributed by atoms with Crippen molar-refractivity contribution in [2.75, 3.05) is 26.2 Å². The molecule has 0 spiro atoms. The molecule has 4 nitrogen and oxygen atoms in total. The number of rotatable bonds is 6. The molecule has 22 heavy (non-hydrogen) atoms. The van der Waals surface area contributed by atoms with Crippen LogP contribution in [0.15, 0.2) is 12.1 Å². The predicted octanol–water partition coefficient (Wildman–Crippen LogP) is 3.08. The monoisotopic (exact) mass is 327 g/mol. The van der Waals surface area contributed by atoms with E-state index in [0.717, 1.165) is 44.5 Å². The number of hydrogen-bond donors (Lipinski definition) is 2. The van der Waals surface area contributed by atoms with Crippen LogP contribution in [0.25, 0.3) is 0 Å². The summed E-state index contributed by atoms with van der Waals surface area (Å²) in [5.41, 5.74) is 0.994. The molecule has 0 radical (unpaired) electrons. The van der Waals surface area contributed by atoms with E-state index in [0.29, 0.717) is 17.4 Å². The Hall–Kier alpha value is -0.970. The van der Waals surface area contributed by atoms with E-state index in [4.69, 9.17) is 16.3 Å². The van der Waals surface area contributed by atoms with E-state index in [-0.39, 0.29) is 17.8 Å². The molecule has 2 N–H and O–H groups in total. The summed E-state index contributed by atoms with van der Waals surface area (Å²) in [4.78, 5) is 2.41. The van der Waals surface area contributed by atoms with Crippen molar-refractivity contribution in [2.24, 2.45) is 5.92 Å². The number of benzene rings is 1. The Balaban J connectivity index is 2.11. The van der Waals surface area contributed by atoms with Gasteiger partial charge in [-0.1, -0.05) is 18.5 Å². The summed E-state index contributed by atoms with van der Waals surface area (Å²) >= 11 is 6.08. The minimum absolute atomic E-state index is 0.0101. The van der Waals surface area contributed by atoms with Crippen molar-refractivity contribution in [3.8, 4) is 11.5 Å². The van der Waals surface area contributed by atoms with E-state index in [1.165, 1.54) is 0 Å². The van der Waals surface area contributed by atoms with E-state index in [9.17, 15) is 10.2 Å². The average Bonchev–Trinajstić information content (AvgIpc) is 2.48. The van der Waals surface area contributed by atoms with Gasteiger partial charge >= 0.3 is 0 Å². The molecule has 2 unspecified atom stereocenters. The molecule has 1 aromatic rings. The second-order valence-electron chi connectivity index (χ2n) is 5.98. The quantitative estimate of drug-likeness (QED) is 0.843. The van der Waals surface area contributed by atoms with Crippen LogP contribution in [-0.4, -0.2) is 47.5 Å². The molecule has 1 aromatic carbocycles. The predicted molar refractivity (Wildman–Crippen MR) is 88.8 cm³/mol. The summed E-state index contributed by atoms with van der Waals surface area (Å²) in [6.45, 7) is 7.46. The van der Waals surface area contributed by atoms with Gasteiger partial charge in [-0.3, -0.25) is 0 Å². The van der Waals surface area contributed by atoms with Gasteiger partial charge in [-0.25, -0.2) is 0 Å². The molecular weight excluding hydrogens is 302 g/mol. The van der Waals surface area contributed by atoms with Crippen LogP contribution in [0.4, 0.5) is 0 Å². The zero-order chi connectivity index (χ0) is 16.1. The summed E-state index contributed by atoms with van der Waals surface area (Å²) in [5.74, 6) is 0.597. The lowest BCUT2D eigenvalue weighted by Gasteiger charge is -2.36. The van der Waals surface area contributed by atoms with Crippen LogP contribution in [0, 0.1) is 5.92 Å². The van der Waals surface area contributed by atoms with E-state index in [2.05, 4.69) is 11.8 Å². The number of nitrogens with zero attached hydrogens (tertiary/aromatic N) is 1. The standard InChI is InChI=1S/C17H26ClNO3/c1-3-6-19-7-5-15(20)13(11-19)8-12-9-14(18)17(21)16(10-12)22-4-2/h9-10,13,15,20-21H,3-8,11H2,1-2H3. The molecular formula is C17H26ClNO3. The molecule has 0 aromatic heterocycles. The van der Waals surface area contributed by atoms with Crippen LogP contribution in [-0.2, 0) is 6.42 Å². The fraction of sp³-hybridized carbons (Fsp3) is 0.647. The number of aliphatic hydroxyl groups is 1. The minimum atomic E-state index is -0.281. The Morgan fingerprint density at radius 1 is 1.36 bits per heavy atom. The molecule has 1 saturated heterocycles. The van der Waals surface area contributed by atoms with Crippen molar-refractivity contribution in [3.63, 3.8) is 0 Å². The number of phenolic OH excluding ortho intramolecular Hbond substituents is 1. The van der Waals surface area contributed by atoms with Gasteiger partial charge in [0.2, 0.25) is 0 Å². The van der Waals surface area contributed by atoms with Gasteiger partial charge in [0, 0.05) is 19.0 Å². The third kappa shape index (κ3) is 4.28. The van der Waals surface area contributed by atoms with Crippen LogP contribution >= 0.6 is 11.6 Å². The second-order valence-corrected chi connectivity index (χ2v) is 6.39. The van der Waals surface area contributed by atoms with Crippen LogP contribution in [0.5, 0.6) is 11.5 Å². The smallest absolute Gasteiger partial charge is 0.176 e. The van der Waals surface area contributed by atoms with Gasteiger partial charge in [0.1, 0.15) is 0 Å². The zero-order valence-electron chi connectivity index (χ0n) is 13.4. The minimum Gasteiger partial charge on any atom is -0.503 e. The third-order valence-corrected chi connectivity index (χ3v) is 4.49. The number of piperidine rings is 1. The first kappa shape index (κ1) is 17.4. The zero-order valence-corrected chi connectivity index (χ0v) is 14.1. The summed E-state index contributed by atoms with van der Waals surface area (Å²) in [6, 6.07) is 3.60. The highest BCUT2D eigenvalue weighted by Crippen LogP contribution is 2.36. The van der Waals surface area contributed by atoms with Gasteiger partial charge in [-0.15, -0.1) is 0 Å². The normalized spacial score (nSPS) is 22.7. The van der Waals surface area contributed by atoms with Gasteiger partial charge in [-0.05, 0) is 50.4 Å². The fourth-order valence-corrected chi connectivity index (χ4v) is 3.36. The largest absolute Gasteiger partial charge is 0.503 e. The van der Waals surface area contributed by atoms with Crippen molar-refractivity contribution >= 4 is 11.6 Å². The lowest BCUT2D eigenvalue weighted by atomic mass is 9.88. The molecule has 1 fully saturated rings. The van der Waals surface area contributed by atoms with Gasteiger partial charge < -0.3 is 19.8 Å². The third-order valence-electron chi connectivity index (χ3n) is 4.20. The summed E-state index contributed by atoms with van der Waals surface area (Å²) in [6.07, 6.45) is 2.40. The topological polar surface area (TPSA) is 52.9 Å². The van der Waals surface area contributed by atoms with E-state index in [1.807, 2.05) is 13.0 Å². The maximum Gasteiger partial charge on any atom is 0.176 e. The maximum absolute atomic E-state index is 10.3. The first-order valence-electron chi connectivity index (χ1n) is 8.09. The summed E-state index contributed by atoms with van der Waals surface area (Å²) < 4.78 is 5.43. The second kappa shape index (κ2) is 8.04. The number of likely N-dealkylation sites (tertiary alicyclic amines) is 1. The Bertz CT molecular complexity index is 495. The summed E-state index contributed by atoms with van der Waals surface area (Å²) in [5, 5.41) is 20.5. The van der Waals surface area contributed by atoms with Crippen molar-refractivity contribution in [1.29, 1.82) is 0 Å². The van der Waals surface area contributed by atoms with Crippen molar-refractivity contribution in [1.82, 2.24) is 4.90 Å². The Labute approximate surface area is 137 Å². The fourth-order valence-electron chi connectivity index (χ4n) is 3.13. The highest BCUT2D eigenvalue weighted by molar-refractivity contribution is 6.32. The molecule has 2 atom stereocenters. The first-order valence-corrected chi connectivity index (χ1v) is 8.47. The first-order chi connectivity index (χ1) is 10.5. The molecule has 1 aliphatic heterocycles. The highest BCUT2D eigenvalue weighted by Gasteiger charge is 2.27. The molecule has 1 aliphatic rings. The number of halogens is 1. The molecule has 2 rings (SSSR count). The molecule has 5 heteroatoms. The van der Waals surface area contributed by atoms with Crippen LogP contribution in [0.3, 0.4) is 0 Å². The lowest BCUT2D eigenvalue weighted by molar-refractivity contribution is 0.0270. The Kier molecular flexibility index (Phi) is 6.36. The number of aliphatic hydroxyl groups excluding tert-OH is 1. The van der Waals surface area contributed by atoms with Crippen molar-refractivity contribution in [2.45, 2.75) is 39.2 Å². The van der Waals surface area contributed by atoms with Gasteiger partial charge in [0.15, 0.2) is 11.5 Å². The van der Waals surface area contributed by atoms with Gasteiger partial charge in [-0.2, -0.15) is 0 Å². The molecule has 124 valence electrons. The van der Waals surface area contributed by atoms with Crippen LogP contribution in [0.1, 0.15) is 32.3 Å². The van der Waals surface area contributed by atoms with E-state index in [1.54, 1.807) is 6.07 Å².